The first-order valence-corrected chi connectivity index (χ1v) is 7.33. The number of rotatable bonds is 3. The van der Waals surface area contributed by atoms with Gasteiger partial charge < -0.3 is 5.11 Å². The van der Waals surface area contributed by atoms with Crippen molar-refractivity contribution in [2.24, 2.45) is 0 Å². The quantitative estimate of drug-likeness (QED) is 0.602. The first-order chi connectivity index (χ1) is 10.6. The highest BCUT2D eigenvalue weighted by atomic mass is 32.1. The highest BCUT2D eigenvalue weighted by Crippen LogP contribution is 2.32. The molecule has 1 heterocycles. The molecule has 22 heavy (non-hydrogen) atoms. The summed E-state index contributed by atoms with van der Waals surface area (Å²) in [7, 11) is 0. The molecule has 0 fully saturated rings. The van der Waals surface area contributed by atoms with Crippen LogP contribution >= 0.6 is 12.6 Å². The lowest BCUT2D eigenvalue weighted by atomic mass is 9.96. The van der Waals surface area contributed by atoms with Gasteiger partial charge in [-0.1, -0.05) is 36.4 Å². The molecule has 0 bridgehead atoms. The fourth-order valence-electron chi connectivity index (χ4n) is 2.41. The summed E-state index contributed by atoms with van der Waals surface area (Å²) >= 11 is 4.20. The second-order valence-corrected chi connectivity index (χ2v) is 5.25. The van der Waals surface area contributed by atoms with E-state index < -0.39 is 11.8 Å². The summed E-state index contributed by atoms with van der Waals surface area (Å²) in [5.74, 6) is -0.126. The molecule has 4 nitrogen and oxygen atoms in total. The van der Waals surface area contributed by atoms with Crippen LogP contribution < -0.4 is 5.32 Å². The van der Waals surface area contributed by atoms with E-state index in [1.807, 2.05) is 12.1 Å². The van der Waals surface area contributed by atoms with Gasteiger partial charge in [0.25, 0.3) is 11.8 Å². The van der Waals surface area contributed by atoms with Crippen molar-refractivity contribution in [3.05, 3.63) is 65.2 Å². The molecule has 0 saturated carbocycles. The van der Waals surface area contributed by atoms with Crippen molar-refractivity contribution in [2.45, 2.75) is 5.75 Å². The molecular weight excluding hydrogens is 298 g/mol. The molecule has 3 rings (SSSR count). The van der Waals surface area contributed by atoms with Gasteiger partial charge in [0.05, 0.1) is 11.1 Å². The van der Waals surface area contributed by atoms with Crippen LogP contribution in [-0.2, 0) is 15.3 Å². The summed E-state index contributed by atoms with van der Waals surface area (Å²) in [6.45, 7) is 0. The Morgan fingerprint density at radius 3 is 1.73 bits per heavy atom. The Labute approximate surface area is 132 Å². The molecule has 2 aromatic carbocycles. The summed E-state index contributed by atoms with van der Waals surface area (Å²) in [4.78, 5) is 24.2. The number of hydrogen-bond acceptors (Lipinski definition) is 4. The zero-order chi connectivity index (χ0) is 15.7. The van der Waals surface area contributed by atoms with Crippen LogP contribution in [0.5, 0.6) is 5.75 Å². The van der Waals surface area contributed by atoms with Crippen LogP contribution in [0.1, 0.15) is 16.7 Å². The smallest absolute Gasteiger partial charge is 0.259 e. The Bertz CT molecular complexity index is 777. The van der Waals surface area contributed by atoms with Crippen molar-refractivity contribution < 1.29 is 14.7 Å². The number of phenols is 1. The third-order valence-electron chi connectivity index (χ3n) is 3.51. The van der Waals surface area contributed by atoms with Crippen molar-refractivity contribution in [3.8, 4) is 5.75 Å². The molecule has 0 aromatic heterocycles. The molecule has 0 unspecified atom stereocenters. The van der Waals surface area contributed by atoms with Crippen LogP contribution in [0.3, 0.4) is 0 Å². The summed E-state index contributed by atoms with van der Waals surface area (Å²) in [6, 6.07) is 13.6. The predicted molar refractivity (Wildman–Crippen MR) is 87.2 cm³/mol. The number of phenolic OH excluding ortho intramolecular Hbond substituents is 1. The molecule has 0 radical (unpaired) electrons. The van der Waals surface area contributed by atoms with Gasteiger partial charge in [-0.25, -0.2) is 0 Å². The number of aromatic hydroxyl groups is 1. The second kappa shape index (κ2) is 5.69. The summed E-state index contributed by atoms with van der Waals surface area (Å²) < 4.78 is 0. The van der Waals surface area contributed by atoms with Gasteiger partial charge in [0.15, 0.2) is 0 Å². The minimum Gasteiger partial charge on any atom is -0.508 e. The highest BCUT2D eigenvalue weighted by molar-refractivity contribution is 7.79. The number of amides is 2. The molecule has 2 N–H and O–H groups in total. The molecule has 0 saturated heterocycles. The molecule has 1 aliphatic heterocycles. The van der Waals surface area contributed by atoms with E-state index in [0.29, 0.717) is 28.0 Å². The number of hydrogen-bond donors (Lipinski definition) is 3. The minimum absolute atomic E-state index is 0.105. The topological polar surface area (TPSA) is 66.4 Å². The average Bonchev–Trinajstić information content (AvgIpc) is 2.82. The van der Waals surface area contributed by atoms with Crippen LogP contribution in [0, 0.1) is 0 Å². The maximum absolute atomic E-state index is 12.1. The molecule has 1 aliphatic rings. The van der Waals surface area contributed by atoms with Crippen molar-refractivity contribution in [1.82, 2.24) is 5.32 Å². The van der Waals surface area contributed by atoms with Gasteiger partial charge in [-0.3, -0.25) is 14.9 Å². The fourth-order valence-corrected chi connectivity index (χ4v) is 2.62. The van der Waals surface area contributed by atoms with Crippen molar-refractivity contribution in [3.63, 3.8) is 0 Å². The maximum atomic E-state index is 12.1. The first-order valence-electron chi connectivity index (χ1n) is 6.69. The van der Waals surface area contributed by atoms with E-state index in [4.69, 9.17) is 0 Å². The van der Waals surface area contributed by atoms with Gasteiger partial charge in [0.2, 0.25) is 0 Å². The highest BCUT2D eigenvalue weighted by Gasteiger charge is 2.31. The molecule has 2 amide bonds. The third-order valence-corrected chi connectivity index (χ3v) is 3.88. The molecule has 0 spiro atoms. The summed E-state index contributed by atoms with van der Waals surface area (Å²) in [5.41, 5.74) is 2.97. The van der Waals surface area contributed by atoms with E-state index in [1.54, 1.807) is 24.3 Å². The SMILES string of the molecule is O=C1NC(=O)C(c2ccc(CS)cc2)=C1c1ccc(O)cc1. The summed E-state index contributed by atoms with van der Waals surface area (Å²) in [6.07, 6.45) is 0. The monoisotopic (exact) mass is 311 g/mol. The van der Waals surface area contributed by atoms with Gasteiger partial charge >= 0.3 is 0 Å². The standard InChI is InChI=1S/C17H13NO3S/c19-13-7-5-12(6-8-13)15-14(16(20)18-17(15)21)11-3-1-10(9-22)2-4-11/h1-8,19,22H,9H2,(H,18,20,21). The van der Waals surface area contributed by atoms with E-state index in [1.165, 1.54) is 12.1 Å². The van der Waals surface area contributed by atoms with Gasteiger partial charge in [0.1, 0.15) is 5.75 Å². The largest absolute Gasteiger partial charge is 0.508 e. The van der Waals surface area contributed by atoms with Gasteiger partial charge in [-0.15, -0.1) is 0 Å². The van der Waals surface area contributed by atoms with E-state index in [-0.39, 0.29) is 5.75 Å². The van der Waals surface area contributed by atoms with Crippen LogP contribution in [-0.4, -0.2) is 16.9 Å². The van der Waals surface area contributed by atoms with Crippen LogP contribution in [0.15, 0.2) is 48.5 Å². The Hall–Kier alpha value is -2.53. The number of carbonyl (C=O) groups excluding carboxylic acids is 2. The van der Waals surface area contributed by atoms with Gasteiger partial charge in [-0.05, 0) is 28.8 Å². The lowest BCUT2D eigenvalue weighted by molar-refractivity contribution is -0.122. The number of carbonyl (C=O) groups is 2. The van der Waals surface area contributed by atoms with Crippen LogP contribution in [0.25, 0.3) is 11.1 Å². The van der Waals surface area contributed by atoms with Crippen LogP contribution in [0.2, 0.25) is 0 Å². The molecule has 0 aliphatic carbocycles. The number of nitrogens with one attached hydrogen (secondary N) is 1. The Kier molecular flexibility index (Phi) is 3.73. The average molecular weight is 311 g/mol. The van der Waals surface area contributed by atoms with Crippen molar-refractivity contribution >= 4 is 35.6 Å². The number of benzene rings is 2. The molecular formula is C17H13NO3S. The zero-order valence-corrected chi connectivity index (χ0v) is 12.4. The van der Waals surface area contributed by atoms with Crippen molar-refractivity contribution in [1.29, 1.82) is 0 Å². The Balaban J connectivity index is 2.15. The molecule has 0 atom stereocenters. The van der Waals surface area contributed by atoms with E-state index in [9.17, 15) is 14.7 Å². The lowest BCUT2D eigenvalue weighted by Gasteiger charge is -2.06. The predicted octanol–water partition coefficient (Wildman–Crippen LogP) is 2.39. The fraction of sp³-hybridized carbons (Fsp3) is 0.0588. The maximum Gasteiger partial charge on any atom is 0.259 e. The Morgan fingerprint density at radius 1 is 0.818 bits per heavy atom. The van der Waals surface area contributed by atoms with E-state index >= 15 is 0 Å². The van der Waals surface area contributed by atoms with E-state index in [0.717, 1.165) is 5.56 Å². The van der Waals surface area contributed by atoms with Crippen molar-refractivity contribution in [2.75, 3.05) is 0 Å². The third kappa shape index (κ3) is 2.51. The van der Waals surface area contributed by atoms with E-state index in [2.05, 4.69) is 17.9 Å². The number of thiol groups is 1. The first kappa shape index (κ1) is 14.4. The molecule has 5 heteroatoms. The molecule has 110 valence electrons. The number of imide groups is 1. The lowest BCUT2D eigenvalue weighted by Crippen LogP contribution is -2.22. The summed E-state index contributed by atoms with van der Waals surface area (Å²) in [5, 5.41) is 11.7. The van der Waals surface area contributed by atoms with Gasteiger partial charge in [-0.2, -0.15) is 12.6 Å². The minimum atomic E-state index is -0.427. The normalized spacial score (nSPS) is 14.4. The Morgan fingerprint density at radius 2 is 1.27 bits per heavy atom. The second-order valence-electron chi connectivity index (χ2n) is 4.94. The van der Waals surface area contributed by atoms with Gasteiger partial charge in [0, 0.05) is 5.75 Å². The van der Waals surface area contributed by atoms with Crippen LogP contribution in [0.4, 0.5) is 0 Å². The zero-order valence-electron chi connectivity index (χ0n) is 11.5. The molecule has 2 aromatic rings.